The van der Waals surface area contributed by atoms with Gasteiger partial charge in [0.2, 0.25) is 0 Å². The molecule has 0 radical (unpaired) electrons. The van der Waals surface area contributed by atoms with Crippen LogP contribution in [0, 0.1) is 6.92 Å². The Kier molecular flexibility index (Phi) is 4.62. The Bertz CT molecular complexity index is 808. The minimum absolute atomic E-state index is 0.0700. The number of carboxylic acid groups (broad SMARTS) is 1. The summed E-state index contributed by atoms with van der Waals surface area (Å²) < 4.78 is 27.1. The van der Waals surface area contributed by atoms with E-state index in [-0.39, 0.29) is 4.90 Å². The molecule has 6 heteroatoms. The van der Waals surface area contributed by atoms with Crippen LogP contribution in [0.15, 0.2) is 59.5 Å². The summed E-state index contributed by atoms with van der Waals surface area (Å²) in [4.78, 5) is 10.6. The second-order valence-corrected chi connectivity index (χ2v) is 6.40. The zero-order chi connectivity index (χ0) is 16.2. The largest absolute Gasteiger partial charge is 0.478 e. The van der Waals surface area contributed by atoms with Crippen LogP contribution in [-0.2, 0) is 14.8 Å². The highest BCUT2D eigenvalue weighted by molar-refractivity contribution is 7.92. The van der Waals surface area contributed by atoms with Crippen molar-refractivity contribution in [3.63, 3.8) is 0 Å². The topological polar surface area (TPSA) is 83.5 Å². The number of sulfonamides is 1. The van der Waals surface area contributed by atoms with Crippen molar-refractivity contribution in [2.45, 2.75) is 11.8 Å². The number of benzene rings is 2. The highest BCUT2D eigenvalue weighted by Gasteiger charge is 2.14. The monoisotopic (exact) mass is 317 g/mol. The molecule has 0 aliphatic rings. The summed E-state index contributed by atoms with van der Waals surface area (Å²) in [6.45, 7) is 1.91. The highest BCUT2D eigenvalue weighted by Crippen LogP contribution is 2.18. The summed E-state index contributed by atoms with van der Waals surface area (Å²) in [5.41, 5.74) is 2.00. The Labute approximate surface area is 129 Å². The van der Waals surface area contributed by atoms with Crippen LogP contribution in [0.4, 0.5) is 5.69 Å². The molecular formula is C16H15NO4S. The van der Waals surface area contributed by atoms with E-state index in [9.17, 15) is 13.2 Å². The second kappa shape index (κ2) is 6.44. The quantitative estimate of drug-likeness (QED) is 0.831. The molecular weight excluding hydrogens is 302 g/mol. The molecule has 0 saturated carbocycles. The lowest BCUT2D eigenvalue weighted by Gasteiger charge is -2.09. The van der Waals surface area contributed by atoms with Crippen molar-refractivity contribution in [2.75, 3.05) is 4.72 Å². The van der Waals surface area contributed by atoms with Gasteiger partial charge < -0.3 is 5.11 Å². The Morgan fingerprint density at radius 2 is 1.82 bits per heavy atom. The molecule has 0 unspecified atom stereocenters. The van der Waals surface area contributed by atoms with E-state index in [2.05, 4.69) is 4.72 Å². The lowest BCUT2D eigenvalue weighted by atomic mass is 10.2. The van der Waals surface area contributed by atoms with Crippen LogP contribution < -0.4 is 4.72 Å². The summed E-state index contributed by atoms with van der Waals surface area (Å²) in [7, 11) is -3.72. The highest BCUT2D eigenvalue weighted by atomic mass is 32.2. The smallest absolute Gasteiger partial charge is 0.328 e. The Morgan fingerprint density at radius 1 is 1.14 bits per heavy atom. The molecule has 0 fully saturated rings. The third-order valence-corrected chi connectivity index (χ3v) is 4.27. The van der Waals surface area contributed by atoms with Crippen LogP contribution in [0.1, 0.15) is 11.1 Å². The van der Waals surface area contributed by atoms with Crippen LogP contribution in [0.5, 0.6) is 0 Å². The predicted octanol–water partition coefficient (Wildman–Crippen LogP) is 2.89. The van der Waals surface area contributed by atoms with Gasteiger partial charge in [-0.1, -0.05) is 29.8 Å². The fraction of sp³-hybridized carbons (Fsp3) is 0.0625. The average molecular weight is 317 g/mol. The summed E-state index contributed by atoms with van der Waals surface area (Å²) >= 11 is 0. The summed E-state index contributed by atoms with van der Waals surface area (Å²) in [5.74, 6) is -1.09. The Balaban J connectivity index is 2.27. The minimum atomic E-state index is -3.72. The van der Waals surface area contributed by atoms with E-state index in [0.717, 1.165) is 11.6 Å². The normalized spacial score (nSPS) is 11.5. The number of hydrogen-bond donors (Lipinski definition) is 2. The number of carboxylic acids is 1. The van der Waals surface area contributed by atoms with Crippen molar-refractivity contribution in [1.82, 2.24) is 0 Å². The molecule has 2 aromatic rings. The maximum Gasteiger partial charge on any atom is 0.328 e. The van der Waals surface area contributed by atoms with Crippen molar-refractivity contribution in [3.05, 3.63) is 65.7 Å². The molecule has 0 aliphatic heterocycles. The molecule has 0 heterocycles. The van der Waals surface area contributed by atoms with E-state index < -0.39 is 16.0 Å². The third kappa shape index (κ3) is 4.20. The van der Waals surface area contributed by atoms with E-state index in [1.54, 1.807) is 24.3 Å². The molecule has 0 bridgehead atoms. The van der Waals surface area contributed by atoms with Crippen molar-refractivity contribution < 1.29 is 18.3 Å². The van der Waals surface area contributed by atoms with Crippen LogP contribution in [0.3, 0.4) is 0 Å². The first-order chi connectivity index (χ1) is 10.4. The molecule has 0 spiro atoms. The summed E-state index contributed by atoms with van der Waals surface area (Å²) in [5, 5.41) is 8.60. The lowest BCUT2D eigenvalue weighted by Crippen LogP contribution is -2.12. The van der Waals surface area contributed by atoms with Gasteiger partial charge >= 0.3 is 5.97 Å². The zero-order valence-electron chi connectivity index (χ0n) is 11.9. The maximum absolute atomic E-state index is 12.3. The van der Waals surface area contributed by atoms with Crippen LogP contribution >= 0.6 is 0 Å². The van der Waals surface area contributed by atoms with Gasteiger partial charge in [0.05, 0.1) is 4.90 Å². The van der Waals surface area contributed by atoms with Crippen LogP contribution in [-0.4, -0.2) is 19.5 Å². The number of anilines is 1. The van der Waals surface area contributed by atoms with E-state index in [1.165, 1.54) is 18.2 Å². The van der Waals surface area contributed by atoms with Gasteiger partial charge in [-0.25, -0.2) is 13.2 Å². The number of aryl methyl sites for hydroxylation is 1. The van der Waals surface area contributed by atoms with E-state index in [4.69, 9.17) is 5.11 Å². The summed E-state index contributed by atoms with van der Waals surface area (Å²) in [6, 6.07) is 13.0. The molecule has 2 rings (SSSR count). The first-order valence-electron chi connectivity index (χ1n) is 6.47. The molecule has 0 saturated heterocycles. The number of hydrogen-bond acceptors (Lipinski definition) is 3. The number of rotatable bonds is 5. The van der Waals surface area contributed by atoms with Crippen molar-refractivity contribution in [3.8, 4) is 0 Å². The fourth-order valence-electron chi connectivity index (χ4n) is 1.79. The third-order valence-electron chi connectivity index (χ3n) is 2.89. The van der Waals surface area contributed by atoms with Crippen molar-refractivity contribution in [2.24, 2.45) is 0 Å². The molecule has 0 amide bonds. The van der Waals surface area contributed by atoms with E-state index in [1.807, 2.05) is 19.1 Å². The molecule has 0 aromatic heterocycles. The maximum atomic E-state index is 12.3. The molecule has 2 N–H and O–H groups in total. The Morgan fingerprint density at radius 3 is 2.45 bits per heavy atom. The van der Waals surface area contributed by atoms with Crippen LogP contribution in [0.2, 0.25) is 0 Å². The van der Waals surface area contributed by atoms with E-state index in [0.29, 0.717) is 11.3 Å². The van der Waals surface area contributed by atoms with Gasteiger partial charge in [0.25, 0.3) is 10.0 Å². The lowest BCUT2D eigenvalue weighted by molar-refractivity contribution is -0.131. The van der Waals surface area contributed by atoms with Gasteiger partial charge in [-0.3, -0.25) is 4.72 Å². The average Bonchev–Trinajstić information content (AvgIpc) is 2.48. The molecule has 2 aromatic carbocycles. The predicted molar refractivity (Wildman–Crippen MR) is 85.1 cm³/mol. The summed E-state index contributed by atoms with van der Waals surface area (Å²) in [6.07, 6.45) is 2.30. The fourth-order valence-corrected chi connectivity index (χ4v) is 2.90. The van der Waals surface area contributed by atoms with Gasteiger partial charge in [-0.05, 0) is 42.8 Å². The molecule has 5 nitrogen and oxygen atoms in total. The minimum Gasteiger partial charge on any atom is -0.478 e. The van der Waals surface area contributed by atoms with Crippen molar-refractivity contribution in [1.29, 1.82) is 0 Å². The Hall–Kier alpha value is -2.60. The van der Waals surface area contributed by atoms with Crippen molar-refractivity contribution >= 4 is 27.8 Å². The standard InChI is InChI=1S/C16H15NO4S/c1-12-5-8-14(9-6-12)17-22(20,21)15-4-2-3-13(11-15)7-10-16(18)19/h2-11,17H,1H3,(H,18,19). The number of carbonyl (C=O) groups is 1. The number of aliphatic carboxylic acids is 1. The van der Waals surface area contributed by atoms with Gasteiger partial charge in [-0.15, -0.1) is 0 Å². The molecule has 114 valence electrons. The first kappa shape index (κ1) is 15.8. The number of nitrogens with one attached hydrogen (secondary N) is 1. The van der Waals surface area contributed by atoms with Gasteiger partial charge in [-0.2, -0.15) is 0 Å². The first-order valence-corrected chi connectivity index (χ1v) is 7.96. The molecule has 0 aliphatic carbocycles. The zero-order valence-corrected chi connectivity index (χ0v) is 12.7. The van der Waals surface area contributed by atoms with Gasteiger partial charge in [0, 0.05) is 11.8 Å². The molecule has 0 atom stereocenters. The SMILES string of the molecule is Cc1ccc(NS(=O)(=O)c2cccc(C=CC(=O)O)c2)cc1. The van der Waals surface area contributed by atoms with Crippen LogP contribution in [0.25, 0.3) is 6.08 Å². The van der Waals surface area contributed by atoms with Gasteiger partial charge in [0.1, 0.15) is 0 Å². The van der Waals surface area contributed by atoms with E-state index >= 15 is 0 Å². The second-order valence-electron chi connectivity index (χ2n) is 4.72. The molecule has 22 heavy (non-hydrogen) atoms. The van der Waals surface area contributed by atoms with Gasteiger partial charge in [0.15, 0.2) is 0 Å².